The summed E-state index contributed by atoms with van der Waals surface area (Å²) in [7, 11) is 0. The van der Waals surface area contributed by atoms with Gasteiger partial charge >= 0.3 is 0 Å². The van der Waals surface area contributed by atoms with Gasteiger partial charge in [0, 0.05) is 6.61 Å². The van der Waals surface area contributed by atoms with Crippen LogP contribution >= 0.6 is 0 Å². The van der Waals surface area contributed by atoms with Gasteiger partial charge in [0.2, 0.25) is 5.91 Å². The van der Waals surface area contributed by atoms with E-state index >= 15 is 0 Å². The average Bonchev–Trinajstić information content (AvgIpc) is 2.31. The highest BCUT2D eigenvalue weighted by molar-refractivity contribution is 5.77. The summed E-state index contributed by atoms with van der Waals surface area (Å²) >= 11 is 0. The molecule has 0 heterocycles. The highest BCUT2D eigenvalue weighted by Gasteiger charge is 2.01. The van der Waals surface area contributed by atoms with Crippen molar-refractivity contribution in [3.8, 4) is 0 Å². The number of rotatable bonds is 6. The molecule has 0 saturated carbocycles. The van der Waals surface area contributed by atoms with Crippen molar-refractivity contribution in [2.75, 3.05) is 6.61 Å². The summed E-state index contributed by atoms with van der Waals surface area (Å²) in [5.74, 6) is -0.407. The molecule has 0 bridgehead atoms. The number of nitrogens with one attached hydrogen (secondary N) is 1. The first kappa shape index (κ1) is 12.7. The lowest BCUT2D eigenvalue weighted by molar-refractivity contribution is -0.128. The molecule has 1 aromatic carbocycles. The minimum absolute atomic E-state index is 0.187. The van der Waals surface area contributed by atoms with Crippen molar-refractivity contribution in [2.45, 2.75) is 26.4 Å². The lowest BCUT2D eigenvalue weighted by Crippen LogP contribution is -2.20. The molecule has 88 valence electrons. The number of ether oxygens (including phenoxy) is 1. The van der Waals surface area contributed by atoms with Gasteiger partial charge in [-0.3, -0.25) is 10.0 Å². The zero-order valence-electron chi connectivity index (χ0n) is 9.40. The van der Waals surface area contributed by atoms with Crippen LogP contribution in [0.25, 0.3) is 0 Å². The lowest BCUT2D eigenvalue weighted by Gasteiger charge is -2.04. The van der Waals surface area contributed by atoms with E-state index in [1.165, 1.54) is 0 Å². The molecule has 0 aliphatic heterocycles. The molecule has 0 aliphatic rings. The number of carbonyl (C=O) groups is 1. The number of benzene rings is 1. The van der Waals surface area contributed by atoms with E-state index in [4.69, 9.17) is 9.94 Å². The van der Waals surface area contributed by atoms with E-state index in [0.29, 0.717) is 6.61 Å². The normalized spacial score (nSPS) is 10.1. The van der Waals surface area contributed by atoms with Crippen molar-refractivity contribution in [2.24, 2.45) is 0 Å². The van der Waals surface area contributed by atoms with E-state index < -0.39 is 5.91 Å². The number of hydrogen-bond donors (Lipinski definition) is 2. The van der Waals surface area contributed by atoms with Gasteiger partial charge in [-0.15, -0.1) is 0 Å². The van der Waals surface area contributed by atoms with E-state index in [0.717, 1.165) is 24.2 Å². The van der Waals surface area contributed by atoms with Crippen molar-refractivity contribution < 1.29 is 14.7 Å². The summed E-state index contributed by atoms with van der Waals surface area (Å²) in [4.78, 5) is 10.9. The van der Waals surface area contributed by atoms with Crippen molar-refractivity contribution in [1.82, 2.24) is 5.48 Å². The van der Waals surface area contributed by atoms with E-state index in [1.807, 2.05) is 24.3 Å². The molecule has 0 saturated heterocycles. The van der Waals surface area contributed by atoms with Crippen LogP contribution in [0.4, 0.5) is 0 Å². The summed E-state index contributed by atoms with van der Waals surface area (Å²) in [5, 5.41) is 8.37. The first-order valence-corrected chi connectivity index (χ1v) is 5.34. The molecule has 4 heteroatoms. The molecule has 0 atom stereocenters. The quantitative estimate of drug-likeness (QED) is 0.438. The van der Waals surface area contributed by atoms with Crippen LogP contribution < -0.4 is 5.48 Å². The summed E-state index contributed by atoms with van der Waals surface area (Å²) in [6, 6.07) is 7.57. The Morgan fingerprint density at radius 2 is 1.94 bits per heavy atom. The fourth-order valence-electron chi connectivity index (χ4n) is 1.31. The lowest BCUT2D eigenvalue weighted by atomic mass is 10.1. The van der Waals surface area contributed by atoms with Crippen molar-refractivity contribution in [3.63, 3.8) is 0 Å². The van der Waals surface area contributed by atoms with Crippen LogP contribution in [0.2, 0.25) is 0 Å². The molecule has 1 aromatic rings. The molecule has 4 nitrogen and oxygen atoms in total. The van der Waals surface area contributed by atoms with Crippen LogP contribution in [-0.2, 0) is 22.6 Å². The largest absolute Gasteiger partial charge is 0.377 e. The zero-order chi connectivity index (χ0) is 11.8. The molecule has 0 fully saturated rings. The van der Waals surface area contributed by atoms with Crippen molar-refractivity contribution in [3.05, 3.63) is 35.4 Å². The molecule has 0 spiro atoms. The monoisotopic (exact) mass is 223 g/mol. The highest BCUT2D eigenvalue weighted by atomic mass is 16.5. The second-order valence-corrected chi connectivity index (χ2v) is 3.58. The van der Waals surface area contributed by atoms with E-state index in [9.17, 15) is 4.79 Å². The van der Waals surface area contributed by atoms with Gasteiger partial charge in [-0.25, -0.2) is 5.48 Å². The molecule has 0 aliphatic carbocycles. The number of carbonyl (C=O) groups excluding carboxylic acids is 1. The third-order valence-corrected chi connectivity index (χ3v) is 2.13. The summed E-state index contributed by atoms with van der Waals surface area (Å²) < 4.78 is 5.39. The Bertz CT molecular complexity index is 322. The van der Waals surface area contributed by atoms with Gasteiger partial charge in [-0.2, -0.15) is 0 Å². The van der Waals surface area contributed by atoms with E-state index in [2.05, 4.69) is 6.92 Å². The smallest absolute Gasteiger partial charge is 0.247 e. The fraction of sp³-hybridized carbons (Fsp3) is 0.417. The van der Waals surface area contributed by atoms with Crippen molar-refractivity contribution in [1.29, 1.82) is 0 Å². The topological polar surface area (TPSA) is 58.6 Å². The van der Waals surface area contributed by atoms with Crippen LogP contribution in [0, 0.1) is 0 Å². The molecule has 1 amide bonds. The summed E-state index contributed by atoms with van der Waals surface area (Å²) in [5.41, 5.74) is 3.56. The second-order valence-electron chi connectivity index (χ2n) is 3.58. The number of amides is 1. The minimum Gasteiger partial charge on any atom is -0.377 e. The Labute approximate surface area is 95.2 Å². The van der Waals surface area contributed by atoms with Gasteiger partial charge in [0.1, 0.15) is 0 Å². The number of hydroxylamine groups is 1. The Balaban J connectivity index is 2.44. The zero-order valence-corrected chi connectivity index (χ0v) is 9.40. The van der Waals surface area contributed by atoms with Crippen molar-refractivity contribution >= 4 is 5.91 Å². The predicted molar refractivity (Wildman–Crippen MR) is 60.0 cm³/mol. The Morgan fingerprint density at radius 3 is 2.50 bits per heavy atom. The van der Waals surface area contributed by atoms with Gasteiger partial charge in [-0.05, 0) is 17.5 Å². The minimum atomic E-state index is -0.407. The predicted octanol–water partition coefficient (Wildman–Crippen LogP) is 1.66. The molecule has 2 N–H and O–H groups in total. The Kier molecular flexibility index (Phi) is 5.53. The molecular formula is C12H17NO3. The standard InChI is InChI=1S/C12H17NO3/c1-2-7-16-9-11-5-3-10(4-6-11)8-12(14)13-15/h3-6,15H,2,7-9H2,1H3,(H,13,14). The van der Waals surface area contributed by atoms with Crippen LogP contribution in [-0.4, -0.2) is 17.7 Å². The molecule has 0 radical (unpaired) electrons. The van der Waals surface area contributed by atoms with Crippen LogP contribution in [0.3, 0.4) is 0 Å². The third-order valence-electron chi connectivity index (χ3n) is 2.13. The maximum atomic E-state index is 10.9. The van der Waals surface area contributed by atoms with Crippen LogP contribution in [0.1, 0.15) is 24.5 Å². The molecule has 1 rings (SSSR count). The maximum Gasteiger partial charge on any atom is 0.247 e. The molecule has 16 heavy (non-hydrogen) atoms. The third kappa shape index (κ3) is 4.42. The molecular weight excluding hydrogens is 206 g/mol. The molecule has 0 unspecified atom stereocenters. The van der Waals surface area contributed by atoms with Gasteiger partial charge in [-0.1, -0.05) is 31.2 Å². The molecule has 0 aromatic heterocycles. The second kappa shape index (κ2) is 6.98. The van der Waals surface area contributed by atoms with Crippen LogP contribution in [0.5, 0.6) is 0 Å². The summed E-state index contributed by atoms with van der Waals surface area (Å²) in [6.07, 6.45) is 1.20. The Morgan fingerprint density at radius 1 is 1.31 bits per heavy atom. The fourth-order valence-corrected chi connectivity index (χ4v) is 1.31. The highest BCUT2D eigenvalue weighted by Crippen LogP contribution is 2.06. The van der Waals surface area contributed by atoms with Gasteiger partial charge < -0.3 is 4.74 Å². The van der Waals surface area contributed by atoms with E-state index in [1.54, 1.807) is 5.48 Å². The first-order chi connectivity index (χ1) is 7.76. The van der Waals surface area contributed by atoms with Crippen LogP contribution in [0.15, 0.2) is 24.3 Å². The van der Waals surface area contributed by atoms with E-state index in [-0.39, 0.29) is 6.42 Å². The van der Waals surface area contributed by atoms with Gasteiger partial charge in [0.25, 0.3) is 0 Å². The van der Waals surface area contributed by atoms with Gasteiger partial charge in [0.15, 0.2) is 0 Å². The maximum absolute atomic E-state index is 10.9. The SMILES string of the molecule is CCCOCc1ccc(CC(=O)NO)cc1. The first-order valence-electron chi connectivity index (χ1n) is 5.34. The summed E-state index contributed by atoms with van der Waals surface area (Å²) in [6.45, 7) is 3.42. The number of hydrogen-bond acceptors (Lipinski definition) is 3. The average molecular weight is 223 g/mol. The Hall–Kier alpha value is -1.39. The van der Waals surface area contributed by atoms with Gasteiger partial charge in [0.05, 0.1) is 13.0 Å².